The third-order valence-corrected chi connectivity index (χ3v) is 3.78. The zero-order chi connectivity index (χ0) is 13.8. The van der Waals surface area contributed by atoms with Crippen LogP contribution in [-0.2, 0) is 0 Å². The zero-order valence-electron chi connectivity index (χ0n) is 11.4. The van der Waals surface area contributed by atoms with E-state index >= 15 is 0 Å². The molecule has 0 fully saturated rings. The van der Waals surface area contributed by atoms with Crippen molar-refractivity contribution in [1.29, 1.82) is 0 Å². The lowest BCUT2D eigenvalue weighted by Crippen LogP contribution is -2.23. The molecule has 0 aliphatic heterocycles. The molecular formula is C14H23BrN2O. The minimum Gasteiger partial charge on any atom is -0.398 e. The van der Waals surface area contributed by atoms with Gasteiger partial charge >= 0.3 is 0 Å². The molecule has 1 aromatic rings. The lowest BCUT2D eigenvalue weighted by Gasteiger charge is -2.25. The van der Waals surface area contributed by atoms with Gasteiger partial charge in [0.05, 0.1) is 0 Å². The zero-order valence-corrected chi connectivity index (χ0v) is 13.0. The molecule has 0 spiro atoms. The molecule has 0 atom stereocenters. The predicted molar refractivity (Wildman–Crippen MR) is 81.9 cm³/mol. The quantitative estimate of drug-likeness (QED) is 0.704. The van der Waals surface area contributed by atoms with Gasteiger partial charge in [-0.3, -0.25) is 0 Å². The number of aliphatic hydroxyl groups is 1. The molecule has 0 aromatic heterocycles. The molecule has 1 aromatic carbocycles. The average molecular weight is 315 g/mol. The van der Waals surface area contributed by atoms with E-state index in [9.17, 15) is 0 Å². The fourth-order valence-electron chi connectivity index (χ4n) is 1.81. The normalized spacial score (nSPS) is 11.6. The van der Waals surface area contributed by atoms with Gasteiger partial charge in [-0.1, -0.05) is 13.8 Å². The third-order valence-electron chi connectivity index (χ3n) is 3.12. The first kappa shape index (κ1) is 15.3. The van der Waals surface area contributed by atoms with Crippen LogP contribution in [0.15, 0.2) is 16.6 Å². The second-order valence-corrected chi connectivity index (χ2v) is 6.39. The van der Waals surface area contributed by atoms with Gasteiger partial charge in [0.2, 0.25) is 0 Å². The van der Waals surface area contributed by atoms with Crippen LogP contribution in [0.2, 0.25) is 0 Å². The van der Waals surface area contributed by atoms with E-state index in [4.69, 9.17) is 10.8 Å². The summed E-state index contributed by atoms with van der Waals surface area (Å²) >= 11 is 3.52. The molecule has 0 radical (unpaired) electrons. The Kier molecular flexibility index (Phi) is 5.47. The van der Waals surface area contributed by atoms with Gasteiger partial charge in [-0.2, -0.15) is 0 Å². The van der Waals surface area contributed by atoms with Crippen molar-refractivity contribution in [2.75, 3.05) is 24.2 Å². The minimum absolute atomic E-state index is 0.164. The Bertz CT molecular complexity index is 405. The van der Waals surface area contributed by atoms with Gasteiger partial charge in [-0.05, 0) is 58.8 Å². The van der Waals surface area contributed by atoms with Crippen LogP contribution in [0.3, 0.4) is 0 Å². The van der Waals surface area contributed by atoms with Gasteiger partial charge in [-0.15, -0.1) is 0 Å². The molecule has 0 saturated heterocycles. The smallest absolute Gasteiger partial charge is 0.0489 e. The van der Waals surface area contributed by atoms with E-state index in [0.717, 1.165) is 40.8 Å². The van der Waals surface area contributed by atoms with E-state index in [2.05, 4.69) is 41.2 Å². The highest BCUT2D eigenvalue weighted by Gasteiger charge is 2.17. The van der Waals surface area contributed by atoms with Gasteiger partial charge < -0.3 is 16.2 Å². The molecule has 3 nitrogen and oxygen atoms in total. The summed E-state index contributed by atoms with van der Waals surface area (Å²) in [5.74, 6) is 0. The van der Waals surface area contributed by atoms with Gasteiger partial charge in [-0.25, -0.2) is 0 Å². The van der Waals surface area contributed by atoms with E-state index in [1.165, 1.54) is 0 Å². The fourth-order valence-corrected chi connectivity index (χ4v) is 2.31. The van der Waals surface area contributed by atoms with E-state index < -0.39 is 0 Å². The highest BCUT2D eigenvalue weighted by Crippen LogP contribution is 2.30. The standard InChI is InChI=1S/C14H23BrN2O/c1-10-7-13(11(15)8-12(10)16)17-9-14(2,3)5-4-6-18/h7-8,17-18H,4-6,9,16H2,1-3H3. The SMILES string of the molecule is Cc1cc(NCC(C)(C)CCCO)c(Br)cc1N. The molecule has 102 valence electrons. The molecule has 4 N–H and O–H groups in total. The molecule has 0 aliphatic rings. The van der Waals surface area contributed by atoms with Crippen LogP contribution >= 0.6 is 15.9 Å². The summed E-state index contributed by atoms with van der Waals surface area (Å²) < 4.78 is 0.989. The molecule has 0 bridgehead atoms. The Morgan fingerprint density at radius 2 is 2.06 bits per heavy atom. The van der Waals surface area contributed by atoms with E-state index in [1.807, 2.05) is 13.0 Å². The summed E-state index contributed by atoms with van der Waals surface area (Å²) in [5.41, 5.74) is 8.96. The maximum atomic E-state index is 8.88. The molecule has 18 heavy (non-hydrogen) atoms. The fraction of sp³-hybridized carbons (Fsp3) is 0.571. The van der Waals surface area contributed by atoms with Crippen molar-refractivity contribution in [1.82, 2.24) is 0 Å². The number of aliphatic hydroxyl groups excluding tert-OH is 1. The van der Waals surface area contributed by atoms with Gasteiger partial charge in [0, 0.05) is 29.0 Å². The summed E-state index contributed by atoms with van der Waals surface area (Å²) in [7, 11) is 0. The number of benzene rings is 1. The molecular weight excluding hydrogens is 292 g/mol. The number of rotatable bonds is 6. The topological polar surface area (TPSA) is 58.3 Å². The van der Waals surface area contributed by atoms with Crippen LogP contribution in [0.4, 0.5) is 11.4 Å². The highest BCUT2D eigenvalue weighted by atomic mass is 79.9. The van der Waals surface area contributed by atoms with Crippen molar-refractivity contribution in [3.63, 3.8) is 0 Å². The van der Waals surface area contributed by atoms with Crippen LogP contribution < -0.4 is 11.1 Å². The molecule has 1 rings (SSSR count). The van der Waals surface area contributed by atoms with Gasteiger partial charge in [0.15, 0.2) is 0 Å². The van der Waals surface area contributed by atoms with Crippen molar-refractivity contribution in [2.24, 2.45) is 5.41 Å². The number of nitrogens with two attached hydrogens (primary N) is 1. The Hall–Kier alpha value is -0.740. The second kappa shape index (κ2) is 6.43. The third kappa shape index (κ3) is 4.50. The number of hydrogen-bond donors (Lipinski definition) is 3. The molecule has 0 unspecified atom stereocenters. The molecule has 0 amide bonds. The number of hydrogen-bond acceptors (Lipinski definition) is 3. The molecule has 0 aliphatic carbocycles. The second-order valence-electron chi connectivity index (χ2n) is 5.53. The number of anilines is 2. The number of aryl methyl sites for hydroxylation is 1. The lowest BCUT2D eigenvalue weighted by molar-refractivity contribution is 0.248. The lowest BCUT2D eigenvalue weighted by atomic mass is 9.88. The summed E-state index contributed by atoms with van der Waals surface area (Å²) in [4.78, 5) is 0. The Balaban J connectivity index is 2.66. The van der Waals surface area contributed by atoms with Crippen molar-refractivity contribution in [3.8, 4) is 0 Å². The van der Waals surface area contributed by atoms with Crippen LogP contribution in [0.1, 0.15) is 32.3 Å². The summed E-state index contributed by atoms with van der Waals surface area (Å²) in [5, 5.41) is 12.3. The maximum Gasteiger partial charge on any atom is 0.0489 e. The van der Waals surface area contributed by atoms with Crippen molar-refractivity contribution in [2.45, 2.75) is 33.6 Å². The van der Waals surface area contributed by atoms with E-state index in [1.54, 1.807) is 0 Å². The van der Waals surface area contributed by atoms with Crippen LogP contribution in [0, 0.1) is 12.3 Å². The van der Waals surface area contributed by atoms with Crippen LogP contribution in [-0.4, -0.2) is 18.3 Å². The van der Waals surface area contributed by atoms with Crippen molar-refractivity contribution >= 4 is 27.3 Å². The molecule has 0 heterocycles. The number of nitrogen functional groups attached to an aromatic ring is 1. The number of halogens is 1. The Morgan fingerprint density at radius 1 is 1.39 bits per heavy atom. The maximum absolute atomic E-state index is 8.88. The first-order valence-corrected chi connectivity index (χ1v) is 7.05. The first-order chi connectivity index (χ1) is 8.35. The van der Waals surface area contributed by atoms with Crippen molar-refractivity contribution < 1.29 is 5.11 Å². The summed E-state index contributed by atoms with van der Waals surface area (Å²) in [6.45, 7) is 7.54. The van der Waals surface area contributed by atoms with Crippen LogP contribution in [0.25, 0.3) is 0 Å². The molecule has 0 saturated carbocycles. The number of nitrogens with one attached hydrogen (secondary N) is 1. The van der Waals surface area contributed by atoms with E-state index in [0.29, 0.717) is 0 Å². The average Bonchev–Trinajstić information content (AvgIpc) is 2.30. The largest absolute Gasteiger partial charge is 0.398 e. The monoisotopic (exact) mass is 314 g/mol. The highest BCUT2D eigenvalue weighted by molar-refractivity contribution is 9.10. The summed E-state index contributed by atoms with van der Waals surface area (Å²) in [6.07, 6.45) is 1.85. The van der Waals surface area contributed by atoms with Crippen LogP contribution in [0.5, 0.6) is 0 Å². The first-order valence-electron chi connectivity index (χ1n) is 6.26. The van der Waals surface area contributed by atoms with Crippen molar-refractivity contribution in [3.05, 3.63) is 22.2 Å². The summed E-state index contributed by atoms with van der Waals surface area (Å²) in [6, 6.07) is 3.99. The Labute approximate surface area is 118 Å². The van der Waals surface area contributed by atoms with Gasteiger partial charge in [0.25, 0.3) is 0 Å². The predicted octanol–water partition coefficient (Wildman–Crippen LogP) is 3.55. The van der Waals surface area contributed by atoms with E-state index in [-0.39, 0.29) is 12.0 Å². The van der Waals surface area contributed by atoms with Gasteiger partial charge in [0.1, 0.15) is 0 Å². The minimum atomic E-state index is 0.164. The Morgan fingerprint density at radius 3 is 2.67 bits per heavy atom. The molecule has 4 heteroatoms.